The van der Waals surface area contributed by atoms with Gasteiger partial charge in [-0.25, -0.2) is 0 Å². The first-order chi connectivity index (χ1) is 13.2. The lowest BCUT2D eigenvalue weighted by molar-refractivity contribution is -0.123. The minimum atomic E-state index is -0.133. The molecule has 7 heteroatoms. The van der Waals surface area contributed by atoms with E-state index >= 15 is 0 Å². The molecule has 2 amide bonds. The zero-order valence-corrected chi connectivity index (χ0v) is 15.7. The Hall–Kier alpha value is -1.96. The van der Waals surface area contributed by atoms with E-state index in [1.807, 2.05) is 24.3 Å². The van der Waals surface area contributed by atoms with Gasteiger partial charge in [0.1, 0.15) is 6.54 Å². The molecule has 146 valence electrons. The zero-order valence-electron chi connectivity index (χ0n) is 15.7. The number of hydrogen-bond acceptors (Lipinski definition) is 5. The lowest BCUT2D eigenvalue weighted by atomic mass is 9.97. The van der Waals surface area contributed by atoms with Gasteiger partial charge in [-0.15, -0.1) is 0 Å². The number of benzene rings is 1. The van der Waals surface area contributed by atoms with E-state index < -0.39 is 0 Å². The number of nitrogens with one attached hydrogen (secondary N) is 1. The molecule has 0 aromatic heterocycles. The third kappa shape index (κ3) is 4.48. The molecule has 0 spiro atoms. The number of hydrogen-bond donors (Lipinski definition) is 1. The van der Waals surface area contributed by atoms with E-state index in [2.05, 4.69) is 15.1 Å². The molecule has 0 radical (unpaired) electrons. The molecule has 2 saturated heterocycles. The van der Waals surface area contributed by atoms with Crippen LogP contribution in [0.3, 0.4) is 0 Å². The molecule has 1 aromatic rings. The van der Waals surface area contributed by atoms with Gasteiger partial charge in [-0.2, -0.15) is 0 Å². The monoisotopic (exact) mass is 372 g/mol. The molecule has 0 bridgehead atoms. The topological polar surface area (TPSA) is 65.1 Å². The largest absolute Gasteiger partial charge is 0.379 e. The van der Waals surface area contributed by atoms with Crippen LogP contribution in [-0.4, -0.2) is 80.6 Å². The first-order valence-corrected chi connectivity index (χ1v) is 9.91. The van der Waals surface area contributed by atoms with E-state index in [1.165, 1.54) is 6.42 Å². The predicted molar refractivity (Wildman–Crippen MR) is 104 cm³/mol. The van der Waals surface area contributed by atoms with E-state index in [1.54, 1.807) is 4.90 Å². The van der Waals surface area contributed by atoms with E-state index in [9.17, 15) is 9.59 Å². The molecule has 0 saturated carbocycles. The van der Waals surface area contributed by atoms with Crippen molar-refractivity contribution < 1.29 is 14.3 Å². The van der Waals surface area contributed by atoms with Crippen LogP contribution in [0.25, 0.3) is 0 Å². The molecule has 3 aliphatic rings. The smallest absolute Gasteiger partial charge is 0.244 e. The fraction of sp³-hybridized carbons (Fsp3) is 0.600. The maximum Gasteiger partial charge on any atom is 0.244 e. The minimum absolute atomic E-state index is 0.00400. The first-order valence-electron chi connectivity index (χ1n) is 9.91. The van der Waals surface area contributed by atoms with Gasteiger partial charge >= 0.3 is 0 Å². The summed E-state index contributed by atoms with van der Waals surface area (Å²) in [6.45, 7) is 7.13. The summed E-state index contributed by atoms with van der Waals surface area (Å²) in [7, 11) is 0. The molecule has 3 aliphatic heterocycles. The molecule has 1 aromatic carbocycles. The second-order valence-electron chi connectivity index (χ2n) is 7.70. The summed E-state index contributed by atoms with van der Waals surface area (Å²) in [6, 6.07) is 7.50. The molecule has 7 nitrogen and oxygen atoms in total. The van der Waals surface area contributed by atoms with E-state index in [-0.39, 0.29) is 18.4 Å². The van der Waals surface area contributed by atoms with Crippen molar-refractivity contribution in [1.29, 1.82) is 0 Å². The van der Waals surface area contributed by atoms with Gasteiger partial charge in [0.2, 0.25) is 11.8 Å². The lowest BCUT2D eigenvalue weighted by Crippen LogP contribution is -2.49. The van der Waals surface area contributed by atoms with Crippen molar-refractivity contribution in [1.82, 2.24) is 9.80 Å². The summed E-state index contributed by atoms with van der Waals surface area (Å²) in [5.41, 5.74) is 1.51. The SMILES string of the molecule is O=C1CN(C(=O)CN2CCC[C@H](CN3CCOCC3)C2)c2ccccc2N1. The summed E-state index contributed by atoms with van der Waals surface area (Å²) in [4.78, 5) is 31.3. The number of piperidine rings is 1. The van der Waals surface area contributed by atoms with Gasteiger partial charge < -0.3 is 10.1 Å². The number of anilines is 2. The Bertz CT molecular complexity index is 690. The molecule has 1 N–H and O–H groups in total. The Balaban J connectivity index is 1.35. The molecule has 0 aliphatic carbocycles. The predicted octanol–water partition coefficient (Wildman–Crippen LogP) is 1.02. The van der Waals surface area contributed by atoms with Crippen molar-refractivity contribution in [3.05, 3.63) is 24.3 Å². The fourth-order valence-electron chi connectivity index (χ4n) is 4.33. The summed E-state index contributed by atoms with van der Waals surface area (Å²) >= 11 is 0. The Labute approximate surface area is 160 Å². The third-order valence-corrected chi connectivity index (χ3v) is 5.65. The summed E-state index contributed by atoms with van der Waals surface area (Å²) in [5, 5.41) is 2.84. The van der Waals surface area contributed by atoms with Crippen molar-refractivity contribution in [2.24, 2.45) is 5.92 Å². The van der Waals surface area contributed by atoms with Crippen LogP contribution in [0.4, 0.5) is 11.4 Å². The third-order valence-electron chi connectivity index (χ3n) is 5.65. The summed E-state index contributed by atoms with van der Waals surface area (Å²) in [6.07, 6.45) is 2.34. The lowest BCUT2D eigenvalue weighted by Gasteiger charge is -2.37. The number of likely N-dealkylation sites (tertiary alicyclic amines) is 1. The molecule has 2 fully saturated rings. The van der Waals surface area contributed by atoms with Crippen molar-refractivity contribution in [3.8, 4) is 0 Å². The van der Waals surface area contributed by atoms with Gasteiger partial charge in [0.05, 0.1) is 31.1 Å². The highest BCUT2D eigenvalue weighted by atomic mass is 16.5. The fourth-order valence-corrected chi connectivity index (χ4v) is 4.33. The summed E-state index contributed by atoms with van der Waals surface area (Å²) in [5.74, 6) is 0.469. The van der Waals surface area contributed by atoms with Crippen LogP contribution in [0.2, 0.25) is 0 Å². The maximum atomic E-state index is 12.9. The number of carbonyl (C=O) groups excluding carboxylic acids is 2. The number of carbonyl (C=O) groups is 2. The number of morpholine rings is 1. The van der Waals surface area contributed by atoms with E-state index in [0.717, 1.165) is 58.0 Å². The Kier molecular flexibility index (Phi) is 5.71. The average Bonchev–Trinajstić information content (AvgIpc) is 2.68. The first kappa shape index (κ1) is 18.4. The molecular formula is C20H28N4O3. The van der Waals surface area contributed by atoms with Crippen LogP contribution >= 0.6 is 0 Å². The number of nitrogens with zero attached hydrogens (tertiary/aromatic N) is 3. The zero-order chi connectivity index (χ0) is 18.6. The number of para-hydroxylation sites is 2. The number of fused-ring (bicyclic) bond motifs is 1. The van der Waals surface area contributed by atoms with Crippen molar-refractivity contribution in [3.63, 3.8) is 0 Å². The molecule has 27 heavy (non-hydrogen) atoms. The highest BCUT2D eigenvalue weighted by Crippen LogP contribution is 2.29. The van der Waals surface area contributed by atoms with Crippen molar-refractivity contribution in [2.75, 3.05) is 69.2 Å². The van der Waals surface area contributed by atoms with Crippen LogP contribution in [-0.2, 0) is 14.3 Å². The van der Waals surface area contributed by atoms with Crippen molar-refractivity contribution in [2.45, 2.75) is 12.8 Å². The van der Waals surface area contributed by atoms with Gasteiger partial charge in [-0.1, -0.05) is 12.1 Å². The molecule has 4 rings (SSSR count). The normalized spacial score (nSPS) is 24.4. The molecule has 1 atom stereocenters. The van der Waals surface area contributed by atoms with E-state index in [0.29, 0.717) is 18.2 Å². The Morgan fingerprint density at radius 3 is 2.81 bits per heavy atom. The second-order valence-corrected chi connectivity index (χ2v) is 7.70. The number of rotatable bonds is 4. The molecular weight excluding hydrogens is 344 g/mol. The van der Waals surface area contributed by atoms with E-state index in [4.69, 9.17) is 4.74 Å². The van der Waals surface area contributed by atoms with Gasteiger partial charge in [0, 0.05) is 26.2 Å². The van der Waals surface area contributed by atoms with Crippen LogP contribution in [0, 0.1) is 5.92 Å². The van der Waals surface area contributed by atoms with Gasteiger partial charge in [-0.05, 0) is 37.4 Å². The molecule has 0 unspecified atom stereocenters. The Morgan fingerprint density at radius 1 is 1.15 bits per heavy atom. The minimum Gasteiger partial charge on any atom is -0.379 e. The van der Waals surface area contributed by atoms with Gasteiger partial charge in [0.25, 0.3) is 0 Å². The van der Waals surface area contributed by atoms with Crippen LogP contribution in [0.15, 0.2) is 24.3 Å². The van der Waals surface area contributed by atoms with Crippen LogP contribution in [0.1, 0.15) is 12.8 Å². The highest BCUT2D eigenvalue weighted by molar-refractivity contribution is 6.10. The standard InChI is InChI=1S/C20H28N4O3/c25-19-14-24(18-6-2-1-5-17(18)21-19)20(26)15-23-7-3-4-16(13-23)12-22-8-10-27-11-9-22/h1-2,5-6,16H,3-4,7-15H2,(H,21,25)/t16-/m1/s1. The van der Waals surface area contributed by atoms with Crippen molar-refractivity contribution >= 4 is 23.2 Å². The van der Waals surface area contributed by atoms with Gasteiger partial charge in [-0.3, -0.25) is 24.3 Å². The van der Waals surface area contributed by atoms with Crippen LogP contribution in [0.5, 0.6) is 0 Å². The highest BCUT2D eigenvalue weighted by Gasteiger charge is 2.29. The molecule has 3 heterocycles. The quantitative estimate of drug-likeness (QED) is 0.855. The Morgan fingerprint density at radius 2 is 1.96 bits per heavy atom. The van der Waals surface area contributed by atoms with Crippen LogP contribution < -0.4 is 10.2 Å². The second kappa shape index (κ2) is 8.37. The van der Waals surface area contributed by atoms with Gasteiger partial charge in [0.15, 0.2) is 0 Å². The number of amides is 2. The summed E-state index contributed by atoms with van der Waals surface area (Å²) < 4.78 is 5.43. The average molecular weight is 372 g/mol. The maximum absolute atomic E-state index is 12.9. The number of ether oxygens (including phenoxy) is 1.